The number of aromatic nitrogens is 2. The number of rotatable bonds is 5. The normalized spacial score (nSPS) is 13.5. The Kier molecular flexibility index (Phi) is 4.69. The van der Waals surface area contributed by atoms with Gasteiger partial charge in [0.15, 0.2) is 17.6 Å². The summed E-state index contributed by atoms with van der Waals surface area (Å²) in [5.41, 5.74) is 3.16. The van der Waals surface area contributed by atoms with E-state index in [1.165, 1.54) is 0 Å². The number of hydrogen-bond acceptors (Lipinski definition) is 6. The Balaban J connectivity index is 1.19. The van der Waals surface area contributed by atoms with E-state index in [-0.39, 0.29) is 18.3 Å². The molecular formula is C29H21N3O5. The van der Waals surface area contributed by atoms with Gasteiger partial charge in [-0.3, -0.25) is 19.0 Å². The zero-order valence-corrected chi connectivity index (χ0v) is 19.9. The van der Waals surface area contributed by atoms with Crippen LogP contribution in [0.5, 0.6) is 17.2 Å². The van der Waals surface area contributed by atoms with Crippen LogP contribution in [-0.2, 0) is 11.3 Å². The summed E-state index contributed by atoms with van der Waals surface area (Å²) in [6.45, 7) is 2.25. The third-order valence-electron chi connectivity index (χ3n) is 6.85. The molecule has 8 heteroatoms. The van der Waals surface area contributed by atoms with Gasteiger partial charge in [-0.05, 0) is 55.0 Å². The first kappa shape index (κ1) is 21.4. The predicted molar refractivity (Wildman–Crippen MR) is 140 cm³/mol. The van der Waals surface area contributed by atoms with Crippen LogP contribution in [-0.4, -0.2) is 28.2 Å². The Morgan fingerprint density at radius 2 is 1.84 bits per heavy atom. The molecule has 8 nitrogen and oxygen atoms in total. The van der Waals surface area contributed by atoms with Crippen molar-refractivity contribution in [2.24, 2.45) is 0 Å². The topological polar surface area (TPSA) is 91.2 Å². The molecule has 3 aromatic carbocycles. The Bertz CT molecular complexity index is 1910. The SMILES string of the molecule is C[C@H](Oc1ccc2c(c1)c1ccnc3c4ccccc4c(=O)n2c13)C(=O)NCc1ccc2c(c1)OCO2. The molecule has 0 aliphatic carbocycles. The van der Waals surface area contributed by atoms with Crippen molar-refractivity contribution in [3.63, 3.8) is 0 Å². The Labute approximate surface area is 210 Å². The lowest BCUT2D eigenvalue weighted by atomic mass is 10.1. The monoisotopic (exact) mass is 491 g/mol. The van der Waals surface area contributed by atoms with Crippen molar-refractivity contribution in [3.8, 4) is 17.2 Å². The fourth-order valence-electron chi connectivity index (χ4n) is 5.06. The first-order valence-corrected chi connectivity index (χ1v) is 12.0. The van der Waals surface area contributed by atoms with Crippen molar-refractivity contribution in [1.82, 2.24) is 14.7 Å². The third-order valence-corrected chi connectivity index (χ3v) is 6.85. The van der Waals surface area contributed by atoms with Gasteiger partial charge in [-0.1, -0.05) is 24.3 Å². The molecule has 1 aliphatic rings. The van der Waals surface area contributed by atoms with Gasteiger partial charge in [0.1, 0.15) is 5.75 Å². The van der Waals surface area contributed by atoms with E-state index in [2.05, 4.69) is 10.3 Å². The van der Waals surface area contributed by atoms with E-state index < -0.39 is 6.10 Å². The lowest BCUT2D eigenvalue weighted by molar-refractivity contribution is -0.127. The van der Waals surface area contributed by atoms with E-state index in [1.807, 2.05) is 60.7 Å². The molecule has 0 saturated heterocycles. The average molecular weight is 492 g/mol. The molecule has 1 amide bonds. The second-order valence-electron chi connectivity index (χ2n) is 9.09. The molecule has 1 aliphatic heterocycles. The van der Waals surface area contributed by atoms with Gasteiger partial charge in [0.05, 0.1) is 16.6 Å². The zero-order chi connectivity index (χ0) is 25.1. The molecule has 1 atom stereocenters. The summed E-state index contributed by atoms with van der Waals surface area (Å²) in [6, 6.07) is 20.5. The minimum atomic E-state index is -0.724. The molecule has 0 fully saturated rings. The molecule has 6 aromatic rings. The van der Waals surface area contributed by atoms with Gasteiger partial charge in [0, 0.05) is 34.3 Å². The van der Waals surface area contributed by atoms with Gasteiger partial charge in [-0.15, -0.1) is 0 Å². The van der Waals surface area contributed by atoms with Gasteiger partial charge in [-0.25, -0.2) is 0 Å². The molecule has 7 rings (SSSR count). The van der Waals surface area contributed by atoms with E-state index in [1.54, 1.807) is 23.6 Å². The molecule has 1 N–H and O–H groups in total. The largest absolute Gasteiger partial charge is 0.481 e. The fourth-order valence-corrected chi connectivity index (χ4v) is 5.06. The number of carbonyl (C=O) groups excluding carboxylic acids is 1. The highest BCUT2D eigenvalue weighted by Gasteiger charge is 2.20. The summed E-state index contributed by atoms with van der Waals surface area (Å²) in [6.07, 6.45) is 1.03. The first-order chi connectivity index (χ1) is 18.1. The molecule has 182 valence electrons. The molecule has 4 heterocycles. The smallest absolute Gasteiger partial charge is 0.263 e. The first-order valence-electron chi connectivity index (χ1n) is 12.0. The highest BCUT2D eigenvalue weighted by Crippen LogP contribution is 2.35. The quantitative estimate of drug-likeness (QED) is 0.360. The van der Waals surface area contributed by atoms with Crippen LogP contribution in [0.1, 0.15) is 12.5 Å². The average Bonchev–Trinajstić information content (AvgIpc) is 3.53. The standard InChI is InChI=1S/C29H21N3O5/c1-16(28(33)31-14-17-6-9-24-25(12-17)36-15-35-24)37-18-7-8-23-22(13-18)20-10-11-30-26-19-4-2-3-5-21(19)29(34)32(23)27(20)26/h2-13,16H,14-15H2,1H3,(H,31,33)/t16-/m0/s1. The van der Waals surface area contributed by atoms with Crippen LogP contribution in [0.4, 0.5) is 0 Å². The second kappa shape index (κ2) is 8.09. The van der Waals surface area contributed by atoms with Crippen molar-refractivity contribution in [2.75, 3.05) is 6.79 Å². The van der Waals surface area contributed by atoms with Crippen LogP contribution in [0.25, 0.3) is 38.1 Å². The van der Waals surface area contributed by atoms with Crippen LogP contribution < -0.4 is 25.1 Å². The summed E-state index contributed by atoms with van der Waals surface area (Å²) in [5.74, 6) is 1.68. The van der Waals surface area contributed by atoms with Gasteiger partial charge in [0.2, 0.25) is 6.79 Å². The lowest BCUT2D eigenvalue weighted by Gasteiger charge is -2.15. The van der Waals surface area contributed by atoms with Crippen molar-refractivity contribution in [2.45, 2.75) is 19.6 Å². The van der Waals surface area contributed by atoms with Crippen molar-refractivity contribution >= 4 is 44.0 Å². The van der Waals surface area contributed by atoms with Crippen molar-refractivity contribution in [1.29, 1.82) is 0 Å². The zero-order valence-electron chi connectivity index (χ0n) is 19.9. The maximum atomic E-state index is 13.4. The highest BCUT2D eigenvalue weighted by molar-refractivity contribution is 6.18. The highest BCUT2D eigenvalue weighted by atomic mass is 16.7. The minimum absolute atomic E-state index is 0.0824. The maximum Gasteiger partial charge on any atom is 0.263 e. The second-order valence-corrected chi connectivity index (χ2v) is 9.09. The minimum Gasteiger partial charge on any atom is -0.481 e. The molecule has 0 saturated carbocycles. The van der Waals surface area contributed by atoms with E-state index >= 15 is 0 Å². The van der Waals surface area contributed by atoms with Crippen LogP contribution >= 0.6 is 0 Å². The molecule has 37 heavy (non-hydrogen) atoms. The van der Waals surface area contributed by atoms with Crippen molar-refractivity contribution in [3.05, 3.63) is 88.8 Å². The number of pyridine rings is 2. The summed E-state index contributed by atoms with van der Waals surface area (Å²) in [5, 5.41) is 6.14. The maximum absolute atomic E-state index is 13.4. The number of fused-ring (bicyclic) bond motifs is 6. The fraction of sp³-hybridized carbons (Fsp3) is 0.138. The Morgan fingerprint density at radius 3 is 2.73 bits per heavy atom. The number of amides is 1. The molecular weight excluding hydrogens is 470 g/mol. The molecule has 0 spiro atoms. The van der Waals surface area contributed by atoms with Crippen LogP contribution in [0.2, 0.25) is 0 Å². The third kappa shape index (κ3) is 3.33. The van der Waals surface area contributed by atoms with Gasteiger partial charge in [0.25, 0.3) is 11.5 Å². The summed E-state index contributed by atoms with van der Waals surface area (Å²) >= 11 is 0. The molecule has 0 unspecified atom stereocenters. The number of nitrogens with one attached hydrogen (secondary N) is 1. The summed E-state index contributed by atoms with van der Waals surface area (Å²) < 4.78 is 18.5. The van der Waals surface area contributed by atoms with Gasteiger partial charge < -0.3 is 19.5 Å². The van der Waals surface area contributed by atoms with Crippen LogP contribution in [0.15, 0.2) is 77.7 Å². The molecule has 3 aromatic heterocycles. The van der Waals surface area contributed by atoms with Crippen LogP contribution in [0.3, 0.4) is 0 Å². The lowest BCUT2D eigenvalue weighted by Crippen LogP contribution is -2.35. The van der Waals surface area contributed by atoms with E-state index in [0.29, 0.717) is 29.2 Å². The number of ether oxygens (including phenoxy) is 3. The van der Waals surface area contributed by atoms with Crippen LogP contribution in [0, 0.1) is 0 Å². The number of nitrogens with zero attached hydrogens (tertiary/aromatic N) is 2. The number of carbonyl (C=O) groups is 1. The summed E-state index contributed by atoms with van der Waals surface area (Å²) in [4.78, 5) is 30.8. The van der Waals surface area contributed by atoms with Gasteiger partial charge >= 0.3 is 0 Å². The Hall–Kier alpha value is -4.85. The molecule has 0 bridgehead atoms. The van der Waals surface area contributed by atoms with E-state index in [0.717, 1.165) is 38.3 Å². The number of hydrogen-bond donors (Lipinski definition) is 1. The van der Waals surface area contributed by atoms with E-state index in [9.17, 15) is 9.59 Å². The Morgan fingerprint density at radius 1 is 1.00 bits per heavy atom. The predicted octanol–water partition coefficient (Wildman–Crippen LogP) is 4.40. The molecule has 0 radical (unpaired) electrons. The van der Waals surface area contributed by atoms with Gasteiger partial charge in [-0.2, -0.15) is 0 Å². The van der Waals surface area contributed by atoms with Crippen molar-refractivity contribution < 1.29 is 19.0 Å². The number of benzene rings is 3. The summed E-state index contributed by atoms with van der Waals surface area (Å²) in [7, 11) is 0. The van der Waals surface area contributed by atoms with E-state index in [4.69, 9.17) is 14.2 Å².